The number of hydrazine groups is 1. The van der Waals surface area contributed by atoms with E-state index in [9.17, 15) is 4.79 Å². The average Bonchev–Trinajstić information content (AvgIpc) is 2.87. The Bertz CT molecular complexity index is 539. The molecule has 0 saturated heterocycles. The van der Waals surface area contributed by atoms with Gasteiger partial charge in [-0.2, -0.15) is 0 Å². The molecule has 19 heavy (non-hydrogen) atoms. The first kappa shape index (κ1) is 13.3. The maximum atomic E-state index is 11.5. The van der Waals surface area contributed by atoms with Crippen LogP contribution >= 0.6 is 0 Å². The third-order valence-electron chi connectivity index (χ3n) is 2.73. The van der Waals surface area contributed by atoms with E-state index in [-0.39, 0.29) is 5.76 Å². The van der Waals surface area contributed by atoms with E-state index >= 15 is 0 Å². The zero-order valence-corrected chi connectivity index (χ0v) is 10.7. The summed E-state index contributed by atoms with van der Waals surface area (Å²) in [5.74, 6) is 4.94. The molecule has 6 nitrogen and oxygen atoms in total. The van der Waals surface area contributed by atoms with Crippen molar-refractivity contribution < 1.29 is 9.21 Å². The van der Waals surface area contributed by atoms with Gasteiger partial charge in [-0.3, -0.25) is 20.1 Å². The van der Waals surface area contributed by atoms with Gasteiger partial charge >= 0.3 is 5.91 Å². The Hall–Kier alpha value is -2.18. The Labute approximate surface area is 111 Å². The number of aromatic nitrogens is 1. The van der Waals surface area contributed by atoms with Crippen LogP contribution in [-0.2, 0) is 13.1 Å². The van der Waals surface area contributed by atoms with E-state index in [4.69, 9.17) is 10.3 Å². The van der Waals surface area contributed by atoms with Crippen LogP contribution in [0.15, 0.2) is 41.3 Å². The van der Waals surface area contributed by atoms with Gasteiger partial charge in [0.15, 0.2) is 5.76 Å². The van der Waals surface area contributed by atoms with E-state index in [1.807, 2.05) is 19.2 Å². The molecule has 0 spiro atoms. The summed E-state index contributed by atoms with van der Waals surface area (Å²) in [4.78, 5) is 17.5. The SMILES string of the molecule is CN(Cc1ccncc1)Cc1ccoc1C(=O)NN. The van der Waals surface area contributed by atoms with Crippen LogP contribution in [0.3, 0.4) is 0 Å². The first-order valence-electron chi connectivity index (χ1n) is 5.85. The molecule has 0 atom stereocenters. The minimum absolute atomic E-state index is 0.254. The molecule has 100 valence electrons. The van der Waals surface area contributed by atoms with Crippen LogP contribution < -0.4 is 11.3 Å². The minimum Gasteiger partial charge on any atom is -0.459 e. The molecular formula is C13H16N4O2. The normalized spacial score (nSPS) is 10.7. The van der Waals surface area contributed by atoms with Crippen molar-refractivity contribution in [2.45, 2.75) is 13.1 Å². The van der Waals surface area contributed by atoms with Crippen LogP contribution in [0, 0.1) is 0 Å². The monoisotopic (exact) mass is 260 g/mol. The molecule has 0 aliphatic rings. The van der Waals surface area contributed by atoms with Crippen molar-refractivity contribution in [1.82, 2.24) is 15.3 Å². The number of furan rings is 1. The van der Waals surface area contributed by atoms with Gasteiger partial charge in [-0.05, 0) is 30.8 Å². The Morgan fingerprint density at radius 2 is 2.11 bits per heavy atom. The highest BCUT2D eigenvalue weighted by Gasteiger charge is 2.15. The summed E-state index contributed by atoms with van der Waals surface area (Å²) in [5.41, 5.74) is 4.03. The second-order valence-corrected chi connectivity index (χ2v) is 4.28. The van der Waals surface area contributed by atoms with Crippen LogP contribution in [0.2, 0.25) is 0 Å². The van der Waals surface area contributed by atoms with E-state index in [1.165, 1.54) is 6.26 Å². The van der Waals surface area contributed by atoms with Gasteiger partial charge < -0.3 is 4.42 Å². The summed E-state index contributed by atoms with van der Waals surface area (Å²) in [6.07, 6.45) is 5.00. The molecule has 0 saturated carbocycles. The lowest BCUT2D eigenvalue weighted by atomic mass is 10.2. The van der Waals surface area contributed by atoms with Gasteiger partial charge in [-0.25, -0.2) is 5.84 Å². The topological polar surface area (TPSA) is 84.4 Å². The molecule has 0 bridgehead atoms. The lowest BCUT2D eigenvalue weighted by Crippen LogP contribution is -2.31. The maximum absolute atomic E-state index is 11.5. The van der Waals surface area contributed by atoms with E-state index in [1.54, 1.807) is 18.5 Å². The quantitative estimate of drug-likeness (QED) is 0.474. The molecule has 2 aromatic heterocycles. The van der Waals surface area contributed by atoms with Crippen LogP contribution in [0.4, 0.5) is 0 Å². The van der Waals surface area contributed by atoms with Crippen LogP contribution in [0.5, 0.6) is 0 Å². The largest absolute Gasteiger partial charge is 0.459 e. The number of nitrogen functional groups attached to an aromatic ring is 1. The Kier molecular flexibility index (Phi) is 4.27. The lowest BCUT2D eigenvalue weighted by Gasteiger charge is -2.16. The van der Waals surface area contributed by atoms with E-state index in [0.29, 0.717) is 6.54 Å². The highest BCUT2D eigenvalue weighted by atomic mass is 16.3. The molecule has 0 aliphatic carbocycles. The van der Waals surface area contributed by atoms with Gasteiger partial charge in [0.2, 0.25) is 0 Å². The fraction of sp³-hybridized carbons (Fsp3) is 0.231. The third-order valence-corrected chi connectivity index (χ3v) is 2.73. The third kappa shape index (κ3) is 3.40. The van der Waals surface area contributed by atoms with Crippen LogP contribution in [0.25, 0.3) is 0 Å². The molecule has 2 aromatic rings. The molecule has 2 rings (SSSR count). The molecule has 0 aliphatic heterocycles. The first-order valence-corrected chi connectivity index (χ1v) is 5.85. The molecule has 0 aromatic carbocycles. The Morgan fingerprint density at radius 3 is 2.79 bits per heavy atom. The van der Waals surface area contributed by atoms with Gasteiger partial charge in [0.1, 0.15) is 0 Å². The summed E-state index contributed by atoms with van der Waals surface area (Å²) >= 11 is 0. The van der Waals surface area contributed by atoms with Gasteiger partial charge in [-0.15, -0.1) is 0 Å². The van der Waals surface area contributed by atoms with Gasteiger partial charge in [0.25, 0.3) is 0 Å². The predicted octanol–water partition coefficient (Wildman–Crippen LogP) is 0.910. The summed E-state index contributed by atoms with van der Waals surface area (Å²) < 4.78 is 5.14. The smallest absolute Gasteiger partial charge is 0.301 e. The van der Waals surface area contributed by atoms with Crippen LogP contribution in [-0.4, -0.2) is 22.8 Å². The van der Waals surface area contributed by atoms with Gasteiger partial charge in [0, 0.05) is 31.0 Å². The van der Waals surface area contributed by atoms with Crippen molar-refractivity contribution in [3.05, 3.63) is 53.7 Å². The fourth-order valence-corrected chi connectivity index (χ4v) is 1.87. The summed E-state index contributed by atoms with van der Waals surface area (Å²) in [7, 11) is 1.97. The van der Waals surface area contributed by atoms with E-state index in [0.717, 1.165) is 17.7 Å². The number of rotatable bonds is 5. The predicted molar refractivity (Wildman–Crippen MR) is 69.8 cm³/mol. The second kappa shape index (κ2) is 6.12. The molecule has 6 heteroatoms. The van der Waals surface area contributed by atoms with E-state index in [2.05, 4.69) is 15.3 Å². The first-order chi connectivity index (χ1) is 9.20. The van der Waals surface area contributed by atoms with Crippen molar-refractivity contribution in [1.29, 1.82) is 0 Å². The number of amides is 1. The lowest BCUT2D eigenvalue weighted by molar-refractivity contribution is 0.0923. The number of nitrogens with zero attached hydrogens (tertiary/aromatic N) is 2. The molecule has 3 N–H and O–H groups in total. The Balaban J connectivity index is 2.01. The second-order valence-electron chi connectivity index (χ2n) is 4.28. The van der Waals surface area contributed by atoms with Crippen molar-refractivity contribution in [2.24, 2.45) is 5.84 Å². The molecule has 0 fully saturated rings. The molecule has 2 heterocycles. The van der Waals surface area contributed by atoms with Crippen molar-refractivity contribution in [3.8, 4) is 0 Å². The summed E-state index contributed by atoms with van der Waals surface area (Å²) in [6, 6.07) is 5.69. The molecule has 1 amide bonds. The number of hydrogen-bond acceptors (Lipinski definition) is 5. The number of carbonyl (C=O) groups is 1. The van der Waals surface area contributed by atoms with Gasteiger partial charge in [-0.1, -0.05) is 0 Å². The number of pyridine rings is 1. The highest BCUT2D eigenvalue weighted by Crippen LogP contribution is 2.14. The van der Waals surface area contributed by atoms with Crippen molar-refractivity contribution in [2.75, 3.05) is 7.05 Å². The standard InChI is InChI=1S/C13H16N4O2/c1-17(8-10-2-5-15-6-3-10)9-11-4-7-19-12(11)13(18)16-14/h2-7H,8-9,14H2,1H3,(H,16,18). The van der Waals surface area contributed by atoms with Gasteiger partial charge in [0.05, 0.1) is 6.26 Å². The van der Waals surface area contributed by atoms with Crippen LogP contribution in [0.1, 0.15) is 21.7 Å². The molecular weight excluding hydrogens is 244 g/mol. The number of nitrogens with one attached hydrogen (secondary N) is 1. The van der Waals surface area contributed by atoms with Crippen molar-refractivity contribution in [3.63, 3.8) is 0 Å². The highest BCUT2D eigenvalue weighted by molar-refractivity contribution is 5.92. The minimum atomic E-state index is -0.419. The van der Waals surface area contributed by atoms with E-state index < -0.39 is 5.91 Å². The Morgan fingerprint density at radius 1 is 1.37 bits per heavy atom. The number of carbonyl (C=O) groups excluding carboxylic acids is 1. The number of nitrogens with two attached hydrogens (primary N) is 1. The fourth-order valence-electron chi connectivity index (χ4n) is 1.87. The summed E-state index contributed by atoms with van der Waals surface area (Å²) in [6.45, 7) is 1.36. The molecule has 0 unspecified atom stereocenters. The van der Waals surface area contributed by atoms with Crippen molar-refractivity contribution >= 4 is 5.91 Å². The average molecular weight is 260 g/mol. The molecule has 0 radical (unpaired) electrons. The zero-order valence-electron chi connectivity index (χ0n) is 10.7. The summed E-state index contributed by atoms with van der Waals surface area (Å²) in [5, 5.41) is 0. The maximum Gasteiger partial charge on any atom is 0.301 e. The zero-order chi connectivity index (χ0) is 13.7. The number of hydrogen-bond donors (Lipinski definition) is 2.